The molecule has 0 aliphatic rings. The van der Waals surface area contributed by atoms with Gasteiger partial charge in [-0.25, -0.2) is 23.4 Å². The molecule has 0 fully saturated rings. The molecule has 0 aliphatic carbocycles. The molecular weight excluding hydrogens is 448 g/mol. The fourth-order valence-electron chi connectivity index (χ4n) is 3.68. The number of ether oxygens (including phenoxy) is 1. The number of para-hydroxylation sites is 1. The number of hydrogen-bond donors (Lipinski definition) is 1. The van der Waals surface area contributed by atoms with E-state index in [4.69, 9.17) is 23.4 Å². The van der Waals surface area contributed by atoms with Crippen molar-refractivity contribution in [3.05, 3.63) is 96.3 Å². The molecule has 0 saturated heterocycles. The monoisotopic (exact) mass is 466 g/mol. The summed E-state index contributed by atoms with van der Waals surface area (Å²) < 4.78 is 41.7. The lowest BCUT2D eigenvalue weighted by molar-refractivity contribution is -2.00. The van der Waals surface area contributed by atoms with E-state index < -0.39 is 10.2 Å². The van der Waals surface area contributed by atoms with Gasteiger partial charge in [-0.05, 0) is 31.2 Å². The number of esters is 1. The molecule has 1 N–H and O–H groups in total. The average Bonchev–Trinajstić information content (AvgIpc) is 3.17. The molecule has 0 spiro atoms. The summed E-state index contributed by atoms with van der Waals surface area (Å²) in [6.45, 7) is 1.89. The van der Waals surface area contributed by atoms with Crippen molar-refractivity contribution in [2.24, 2.45) is 0 Å². The minimum absolute atomic E-state index is 0.315. The smallest absolute Gasteiger partial charge is 0.338 e. The Hall–Kier alpha value is -3.53. The first-order valence-corrected chi connectivity index (χ1v) is 11.2. The number of pyridine rings is 2. The van der Waals surface area contributed by atoms with Gasteiger partial charge in [0.15, 0.2) is 12.4 Å². The number of aromatic amines is 1. The summed E-state index contributed by atoms with van der Waals surface area (Å²) in [4.78, 5) is 15.8. The summed E-state index contributed by atoms with van der Waals surface area (Å²) in [5.74, 6) is -0.315. The van der Waals surface area contributed by atoms with Crippen LogP contribution < -0.4 is 23.0 Å². The third-order valence-electron chi connectivity index (χ3n) is 5.17. The van der Waals surface area contributed by atoms with Gasteiger partial charge in [0.1, 0.15) is 11.6 Å². The van der Waals surface area contributed by atoms with E-state index in [-0.39, 0.29) is 12.1 Å². The highest BCUT2D eigenvalue weighted by atomic mass is 35.7. The van der Waals surface area contributed by atoms with Gasteiger partial charge in [0.05, 0.1) is 11.1 Å². The van der Waals surface area contributed by atoms with Crippen molar-refractivity contribution in [3.63, 3.8) is 0 Å². The number of rotatable bonds is 3. The highest BCUT2D eigenvalue weighted by Crippen LogP contribution is 2.27. The van der Waals surface area contributed by atoms with Crippen molar-refractivity contribution in [1.29, 1.82) is 0 Å². The maximum Gasteiger partial charge on any atom is 0.338 e. The Labute approximate surface area is 190 Å². The van der Waals surface area contributed by atoms with Gasteiger partial charge in [0, 0.05) is 28.4 Å². The third-order valence-corrected chi connectivity index (χ3v) is 5.17. The van der Waals surface area contributed by atoms with Crippen molar-refractivity contribution in [2.45, 2.75) is 13.0 Å². The number of H-pyrrole nitrogens is 1. The topological polar surface area (TPSA) is 138 Å². The van der Waals surface area contributed by atoms with Crippen molar-refractivity contribution in [2.75, 3.05) is 0 Å². The predicted molar refractivity (Wildman–Crippen MR) is 109 cm³/mol. The fourth-order valence-corrected chi connectivity index (χ4v) is 3.68. The zero-order valence-electron chi connectivity index (χ0n) is 17.4. The highest BCUT2D eigenvalue weighted by molar-refractivity contribution is 6.10. The van der Waals surface area contributed by atoms with E-state index in [1.165, 1.54) is 10.8 Å². The first-order chi connectivity index (χ1) is 15.7. The maximum absolute atomic E-state index is 12.3. The Morgan fingerprint density at radius 1 is 0.909 bits per heavy atom. The zero-order valence-corrected chi connectivity index (χ0v) is 18.2. The second-order valence-corrected chi connectivity index (χ2v) is 8.08. The largest absolute Gasteiger partial charge is 0.454 e. The van der Waals surface area contributed by atoms with E-state index in [9.17, 15) is 4.79 Å². The number of aromatic nitrogens is 2. The lowest BCUT2D eigenvalue weighted by Gasteiger charge is -2.17. The van der Waals surface area contributed by atoms with Crippen molar-refractivity contribution in [1.82, 2.24) is 4.98 Å². The molecule has 3 aromatic heterocycles. The molecule has 33 heavy (non-hydrogen) atoms. The van der Waals surface area contributed by atoms with Gasteiger partial charge in [-0.3, -0.25) is 0 Å². The molecule has 9 heteroatoms. The Kier molecular flexibility index (Phi) is 6.28. The summed E-state index contributed by atoms with van der Waals surface area (Å²) in [6, 6.07) is 23.6. The third kappa shape index (κ3) is 5.28. The number of carbonyl (C=O) groups excluding carboxylic acids is 1. The molecule has 1 atom stereocenters. The molecule has 0 radical (unpaired) electrons. The molecule has 8 nitrogen and oxygen atoms in total. The SMILES string of the molecule is CC(OC(=O)c1ccccc1)c1ccc2c3[nH]c4ccccc4c3cc[n+]2c1.[O-][Cl+3]([O-])([O-])[O-]. The van der Waals surface area contributed by atoms with Crippen LogP contribution in [-0.2, 0) is 4.74 Å². The molecule has 5 rings (SSSR count). The summed E-state index contributed by atoms with van der Waals surface area (Å²) >= 11 is 0. The van der Waals surface area contributed by atoms with Gasteiger partial charge in [-0.15, -0.1) is 10.2 Å². The van der Waals surface area contributed by atoms with E-state index in [0.717, 1.165) is 22.1 Å². The second-order valence-electron chi connectivity index (χ2n) is 7.32. The molecule has 0 amide bonds. The van der Waals surface area contributed by atoms with Crippen molar-refractivity contribution < 1.29 is 42.8 Å². The van der Waals surface area contributed by atoms with E-state index >= 15 is 0 Å². The lowest BCUT2D eigenvalue weighted by Crippen LogP contribution is -2.68. The van der Waals surface area contributed by atoms with Crippen LogP contribution in [0, 0.1) is 10.2 Å². The van der Waals surface area contributed by atoms with Crippen LogP contribution in [0.1, 0.15) is 28.9 Å². The van der Waals surface area contributed by atoms with Crippen molar-refractivity contribution in [3.8, 4) is 0 Å². The molecule has 0 saturated carbocycles. The zero-order chi connectivity index (χ0) is 23.6. The van der Waals surface area contributed by atoms with Crippen LogP contribution in [0.4, 0.5) is 0 Å². The quantitative estimate of drug-likeness (QED) is 0.298. The Morgan fingerprint density at radius 3 is 2.30 bits per heavy atom. The van der Waals surface area contributed by atoms with Crippen molar-refractivity contribution >= 4 is 33.3 Å². The van der Waals surface area contributed by atoms with Gasteiger partial charge in [0.25, 0.3) is 0 Å². The first kappa shape index (κ1) is 22.7. The van der Waals surface area contributed by atoms with Gasteiger partial charge >= 0.3 is 5.97 Å². The van der Waals surface area contributed by atoms with Gasteiger partial charge in [-0.2, -0.15) is 4.40 Å². The van der Waals surface area contributed by atoms with Gasteiger partial charge in [0.2, 0.25) is 5.52 Å². The Bertz CT molecular complexity index is 1420. The number of halogens is 1. The lowest BCUT2D eigenvalue weighted by atomic mass is 10.1. The maximum atomic E-state index is 12.3. The van der Waals surface area contributed by atoms with Gasteiger partial charge < -0.3 is 9.72 Å². The summed E-state index contributed by atoms with van der Waals surface area (Å²) in [6.07, 6.45) is 3.72. The number of hydrogen-bond acceptors (Lipinski definition) is 6. The number of carbonyl (C=O) groups is 1. The normalized spacial score (nSPS) is 12.4. The van der Waals surface area contributed by atoms with E-state index in [1.54, 1.807) is 12.1 Å². The standard InChI is InChI=1S/C24H18N2O2.ClHO4/c1-16(28-24(27)17-7-3-2-4-8-17)18-11-12-22-23-20(13-14-26(22)15-18)19-9-5-6-10-21(19)25-23;2-1(3,4)5/h2-16H,1H3;(H,2,3,4,5). The minimum atomic E-state index is -4.94. The van der Waals surface area contributed by atoms with Crippen LogP contribution in [0.25, 0.3) is 27.3 Å². The van der Waals surface area contributed by atoms with Crippen LogP contribution in [0.15, 0.2) is 85.2 Å². The summed E-state index contributed by atoms with van der Waals surface area (Å²) in [5.41, 5.74) is 4.81. The second kappa shape index (κ2) is 9.14. The summed E-state index contributed by atoms with van der Waals surface area (Å²) in [5, 5.41) is 2.42. The highest BCUT2D eigenvalue weighted by Gasteiger charge is 2.18. The number of fused-ring (bicyclic) bond motifs is 5. The molecule has 5 aromatic rings. The number of nitrogens with one attached hydrogen (secondary N) is 1. The molecule has 3 heterocycles. The van der Waals surface area contributed by atoms with E-state index in [1.807, 2.05) is 49.6 Å². The average molecular weight is 467 g/mol. The molecular formula is C24H19ClN2O6. The van der Waals surface area contributed by atoms with Crippen LogP contribution >= 0.6 is 0 Å². The van der Waals surface area contributed by atoms with E-state index in [2.05, 4.69) is 39.7 Å². The van der Waals surface area contributed by atoms with Crippen LogP contribution in [-0.4, -0.2) is 11.0 Å². The van der Waals surface area contributed by atoms with Gasteiger partial charge in [-0.1, -0.05) is 36.4 Å². The van der Waals surface area contributed by atoms with E-state index in [0.29, 0.717) is 5.56 Å². The number of benzene rings is 2. The van der Waals surface area contributed by atoms with Crippen LogP contribution in [0.2, 0.25) is 0 Å². The Morgan fingerprint density at radius 2 is 1.58 bits per heavy atom. The molecule has 0 aliphatic heterocycles. The van der Waals surface area contributed by atoms with Crippen LogP contribution in [0.3, 0.4) is 0 Å². The van der Waals surface area contributed by atoms with Crippen LogP contribution in [0.5, 0.6) is 0 Å². The molecule has 1 unspecified atom stereocenters. The molecule has 2 aromatic carbocycles. The number of nitrogens with zero attached hydrogens (tertiary/aromatic N) is 1. The predicted octanol–water partition coefficient (Wildman–Crippen LogP) is 0.222. The minimum Gasteiger partial charge on any atom is -0.454 e. The fraction of sp³-hybridized carbons (Fsp3) is 0.0833. The molecule has 0 bridgehead atoms. The molecule has 168 valence electrons. The Balaban J connectivity index is 0.000000471. The summed E-state index contributed by atoms with van der Waals surface area (Å²) in [7, 11) is -4.94. The first-order valence-electron chi connectivity index (χ1n) is 9.93.